The minimum Gasteiger partial charge on any atom is -0.394 e. The average molecular weight is 288 g/mol. The molecule has 2 aliphatic rings. The van der Waals surface area contributed by atoms with Crippen LogP contribution in [0.15, 0.2) is 25.6 Å². The molecule has 0 saturated heterocycles. The van der Waals surface area contributed by atoms with Crippen molar-refractivity contribution >= 4 is 40.6 Å². The van der Waals surface area contributed by atoms with Crippen molar-refractivity contribution in [1.29, 1.82) is 0 Å². The summed E-state index contributed by atoms with van der Waals surface area (Å²) in [5, 5.41) is 9.21. The zero-order valence-electron chi connectivity index (χ0n) is 9.80. The maximum absolute atomic E-state index is 11.8. The van der Waals surface area contributed by atoms with Crippen molar-refractivity contribution in [2.24, 2.45) is 15.0 Å². The van der Waals surface area contributed by atoms with Crippen LogP contribution in [0.25, 0.3) is 0 Å². The molecule has 0 aromatic rings. The van der Waals surface area contributed by atoms with Crippen molar-refractivity contribution in [3.63, 3.8) is 0 Å². The summed E-state index contributed by atoms with van der Waals surface area (Å²) < 4.78 is 11.8. The molecule has 18 heavy (non-hydrogen) atoms. The molecular formula is C11H14ClN3O2S. The predicted molar refractivity (Wildman–Crippen MR) is 75.0 cm³/mol. The standard InChI is InChI=1S/C11H14ClN3O2S/c1-13-10(12)15-8-2-5-18(17)9(8)6-14-11(7-16)3-4-11/h6,16H,1-5,7H2/t18-/m0/s1. The molecule has 98 valence electrons. The van der Waals surface area contributed by atoms with Gasteiger partial charge in [0, 0.05) is 18.4 Å². The monoisotopic (exact) mass is 287 g/mol. The van der Waals surface area contributed by atoms with Crippen molar-refractivity contribution < 1.29 is 9.32 Å². The Balaban J connectivity index is 2.23. The number of rotatable bonds is 4. The summed E-state index contributed by atoms with van der Waals surface area (Å²) in [6, 6.07) is 0. The first-order valence-electron chi connectivity index (χ1n) is 5.59. The predicted octanol–water partition coefficient (Wildman–Crippen LogP) is 1.24. The molecule has 1 saturated carbocycles. The molecule has 0 aromatic carbocycles. The van der Waals surface area contributed by atoms with Gasteiger partial charge in [-0.25, -0.2) is 9.98 Å². The number of aliphatic hydroxyl groups is 1. The molecular weight excluding hydrogens is 274 g/mol. The normalized spacial score (nSPS) is 27.0. The number of hydrogen-bond donors (Lipinski definition) is 1. The van der Waals surface area contributed by atoms with E-state index in [9.17, 15) is 4.21 Å². The molecule has 0 radical (unpaired) electrons. The fraction of sp³-hybridized carbons (Fsp3) is 0.545. The van der Waals surface area contributed by atoms with Crippen LogP contribution in [0.5, 0.6) is 0 Å². The van der Waals surface area contributed by atoms with E-state index < -0.39 is 10.8 Å². The van der Waals surface area contributed by atoms with E-state index >= 15 is 0 Å². The van der Waals surface area contributed by atoms with Crippen molar-refractivity contribution in [2.45, 2.75) is 24.8 Å². The van der Waals surface area contributed by atoms with Crippen LogP contribution in [-0.4, -0.2) is 45.4 Å². The molecule has 2 rings (SSSR count). The third-order valence-corrected chi connectivity index (χ3v) is 4.60. The fourth-order valence-electron chi connectivity index (χ4n) is 1.61. The van der Waals surface area contributed by atoms with Gasteiger partial charge in [-0.3, -0.25) is 9.20 Å². The SMILES string of the molecule is C=NC(Cl)=NC1=C(C=NC2(CO)CC2)[S@@](=O)CC1. The highest BCUT2D eigenvalue weighted by molar-refractivity contribution is 7.90. The van der Waals surface area contributed by atoms with Gasteiger partial charge in [-0.2, -0.15) is 0 Å². The van der Waals surface area contributed by atoms with E-state index in [1.807, 2.05) is 0 Å². The lowest BCUT2D eigenvalue weighted by Crippen LogP contribution is -2.11. The van der Waals surface area contributed by atoms with Gasteiger partial charge in [0.2, 0.25) is 5.29 Å². The Hall–Kier alpha value is -0.850. The van der Waals surface area contributed by atoms with Crippen molar-refractivity contribution in [1.82, 2.24) is 0 Å². The van der Waals surface area contributed by atoms with Crippen LogP contribution in [0.4, 0.5) is 0 Å². The van der Waals surface area contributed by atoms with Gasteiger partial charge in [0.05, 0.1) is 33.5 Å². The van der Waals surface area contributed by atoms with Gasteiger partial charge in [-0.1, -0.05) is 0 Å². The van der Waals surface area contributed by atoms with Crippen LogP contribution < -0.4 is 0 Å². The second-order valence-electron chi connectivity index (χ2n) is 4.29. The van der Waals surface area contributed by atoms with E-state index in [1.165, 1.54) is 0 Å². The first kappa shape index (κ1) is 13.6. The number of hydrogen-bond acceptors (Lipinski definition) is 4. The zero-order chi connectivity index (χ0) is 13.2. The van der Waals surface area contributed by atoms with Crippen molar-refractivity contribution in [3.8, 4) is 0 Å². The van der Waals surface area contributed by atoms with Crippen LogP contribution in [0.2, 0.25) is 0 Å². The number of halogens is 1. The maximum Gasteiger partial charge on any atom is 0.221 e. The summed E-state index contributed by atoms with van der Waals surface area (Å²) in [4.78, 5) is 12.5. The minimum atomic E-state index is -1.10. The van der Waals surface area contributed by atoms with Crippen LogP contribution in [-0.2, 0) is 10.8 Å². The Morgan fingerprint density at radius 1 is 1.61 bits per heavy atom. The number of amidine groups is 1. The molecule has 0 bridgehead atoms. The minimum absolute atomic E-state index is 0.0248. The van der Waals surface area contributed by atoms with Crippen molar-refractivity contribution in [2.75, 3.05) is 12.4 Å². The zero-order valence-corrected chi connectivity index (χ0v) is 11.4. The summed E-state index contributed by atoms with van der Waals surface area (Å²) in [6.07, 6.45) is 3.89. The third-order valence-electron chi connectivity index (χ3n) is 2.99. The lowest BCUT2D eigenvalue weighted by Gasteiger charge is -2.03. The molecule has 1 N–H and O–H groups in total. The molecule has 1 aliphatic carbocycles. The maximum atomic E-state index is 11.8. The highest BCUT2D eigenvalue weighted by Gasteiger charge is 2.41. The average Bonchev–Trinajstić information content (AvgIpc) is 3.08. The molecule has 0 spiro atoms. The Morgan fingerprint density at radius 2 is 2.33 bits per heavy atom. The number of nitrogens with zero attached hydrogens (tertiary/aromatic N) is 3. The molecule has 1 fully saturated rings. The van der Waals surface area contributed by atoms with E-state index in [2.05, 4.69) is 21.7 Å². The van der Waals surface area contributed by atoms with E-state index in [4.69, 9.17) is 16.7 Å². The summed E-state index contributed by atoms with van der Waals surface area (Å²) in [6.45, 7) is 3.30. The van der Waals surface area contributed by atoms with Gasteiger partial charge in [0.25, 0.3) is 0 Å². The van der Waals surface area contributed by atoms with Crippen LogP contribution >= 0.6 is 11.6 Å². The lowest BCUT2D eigenvalue weighted by atomic mass is 10.3. The molecule has 1 aliphatic heterocycles. The Morgan fingerprint density at radius 3 is 2.89 bits per heavy atom. The van der Waals surface area contributed by atoms with E-state index in [0.717, 1.165) is 12.8 Å². The van der Waals surface area contributed by atoms with Gasteiger partial charge < -0.3 is 5.11 Å². The van der Waals surface area contributed by atoms with Gasteiger partial charge in [-0.05, 0) is 31.2 Å². The molecule has 1 atom stereocenters. The number of allylic oxidation sites excluding steroid dienone is 2. The summed E-state index contributed by atoms with van der Waals surface area (Å²) in [5.74, 6) is 0.521. The van der Waals surface area contributed by atoms with Gasteiger partial charge in [0.1, 0.15) is 0 Å². The van der Waals surface area contributed by atoms with Crippen molar-refractivity contribution in [3.05, 3.63) is 10.6 Å². The van der Waals surface area contributed by atoms with Gasteiger partial charge in [-0.15, -0.1) is 0 Å². The number of aliphatic imine (C=N–C) groups is 3. The second-order valence-corrected chi connectivity index (χ2v) is 6.17. The summed E-state index contributed by atoms with van der Waals surface area (Å²) >= 11 is 5.69. The summed E-state index contributed by atoms with van der Waals surface area (Å²) in [7, 11) is -1.10. The Labute approximate surface area is 113 Å². The highest BCUT2D eigenvalue weighted by Crippen LogP contribution is 2.39. The van der Waals surface area contributed by atoms with E-state index in [0.29, 0.717) is 22.8 Å². The first-order chi connectivity index (χ1) is 8.60. The smallest absolute Gasteiger partial charge is 0.221 e. The highest BCUT2D eigenvalue weighted by atomic mass is 35.5. The topological polar surface area (TPSA) is 74.4 Å². The Kier molecular flexibility index (Phi) is 4.09. The molecule has 5 nitrogen and oxygen atoms in total. The van der Waals surface area contributed by atoms with E-state index in [-0.39, 0.29) is 17.4 Å². The molecule has 0 unspecified atom stereocenters. The number of aliphatic hydroxyl groups excluding tert-OH is 1. The third kappa shape index (κ3) is 2.93. The molecule has 0 amide bonds. The van der Waals surface area contributed by atoms with Crippen LogP contribution in [0.3, 0.4) is 0 Å². The molecule has 0 aromatic heterocycles. The molecule has 7 heteroatoms. The fourth-order valence-corrected chi connectivity index (χ4v) is 2.89. The quantitative estimate of drug-likeness (QED) is 0.480. The van der Waals surface area contributed by atoms with Crippen LogP contribution in [0.1, 0.15) is 19.3 Å². The lowest BCUT2D eigenvalue weighted by molar-refractivity contribution is 0.258. The molecule has 1 heterocycles. The Bertz CT molecular complexity index is 481. The largest absolute Gasteiger partial charge is 0.394 e. The van der Waals surface area contributed by atoms with Gasteiger partial charge >= 0.3 is 0 Å². The van der Waals surface area contributed by atoms with Crippen LogP contribution in [0, 0.1) is 0 Å². The van der Waals surface area contributed by atoms with E-state index in [1.54, 1.807) is 6.21 Å². The second kappa shape index (κ2) is 5.42. The first-order valence-corrected chi connectivity index (χ1v) is 7.28. The summed E-state index contributed by atoms with van der Waals surface area (Å²) in [5.41, 5.74) is 0.290. The van der Waals surface area contributed by atoms with Gasteiger partial charge in [0.15, 0.2) is 0 Å².